The van der Waals surface area contributed by atoms with Crippen LogP contribution < -0.4 is 0 Å². The predicted octanol–water partition coefficient (Wildman–Crippen LogP) is 5.60. The van der Waals surface area contributed by atoms with E-state index in [9.17, 15) is 0 Å². The van der Waals surface area contributed by atoms with E-state index >= 15 is 0 Å². The lowest BCUT2D eigenvalue weighted by Crippen LogP contribution is -2.01. The van der Waals surface area contributed by atoms with Gasteiger partial charge in [0.15, 0.2) is 0 Å². The molecule has 114 valence electrons. The van der Waals surface area contributed by atoms with Crippen LogP contribution in [0.15, 0.2) is 12.2 Å². The van der Waals surface area contributed by atoms with Gasteiger partial charge in [-0.15, -0.1) is 9.24 Å². The fourth-order valence-electron chi connectivity index (χ4n) is 2.14. The average molecular weight is 286 g/mol. The summed E-state index contributed by atoms with van der Waals surface area (Å²) in [5.74, 6) is 0.761. The van der Waals surface area contributed by atoms with E-state index in [2.05, 4.69) is 35.2 Å². The third-order valence-electron chi connectivity index (χ3n) is 3.49. The van der Waals surface area contributed by atoms with Crippen molar-refractivity contribution in [3.05, 3.63) is 12.2 Å². The maximum atomic E-state index is 5.71. The minimum Gasteiger partial charge on any atom is -0.381 e. The van der Waals surface area contributed by atoms with E-state index in [0.29, 0.717) is 0 Å². The van der Waals surface area contributed by atoms with Crippen LogP contribution in [0.25, 0.3) is 0 Å². The van der Waals surface area contributed by atoms with Crippen molar-refractivity contribution in [2.24, 2.45) is 5.92 Å². The Morgan fingerprint density at radius 2 is 1.74 bits per heavy atom. The Labute approximate surface area is 123 Å². The van der Waals surface area contributed by atoms with Crippen molar-refractivity contribution in [1.29, 1.82) is 0 Å². The largest absolute Gasteiger partial charge is 0.381 e. The van der Waals surface area contributed by atoms with Gasteiger partial charge in [-0.3, -0.25) is 0 Å². The first-order valence-corrected chi connectivity index (χ1v) is 9.11. The first-order valence-electron chi connectivity index (χ1n) is 8.29. The molecule has 0 rings (SSSR count). The van der Waals surface area contributed by atoms with Gasteiger partial charge >= 0.3 is 0 Å². The van der Waals surface area contributed by atoms with E-state index in [1.165, 1.54) is 63.9 Å². The van der Waals surface area contributed by atoms with Crippen molar-refractivity contribution >= 4 is 9.24 Å². The summed E-state index contributed by atoms with van der Waals surface area (Å²) in [6.45, 7) is 6.42. The molecule has 0 N–H and O–H groups in total. The van der Waals surface area contributed by atoms with Gasteiger partial charge in [0.2, 0.25) is 0 Å². The lowest BCUT2D eigenvalue weighted by atomic mass is 9.99. The highest BCUT2D eigenvalue weighted by Gasteiger charge is 2.01. The van der Waals surface area contributed by atoms with Crippen molar-refractivity contribution in [2.45, 2.75) is 71.6 Å². The van der Waals surface area contributed by atoms with E-state index in [1.54, 1.807) is 0 Å². The number of hydrogen-bond donors (Lipinski definition) is 0. The minimum atomic E-state index is 0.761. The third kappa shape index (κ3) is 14.4. The van der Waals surface area contributed by atoms with Gasteiger partial charge in [0.1, 0.15) is 0 Å². The molecule has 0 aliphatic carbocycles. The molecule has 0 aromatic carbocycles. The van der Waals surface area contributed by atoms with Gasteiger partial charge < -0.3 is 4.74 Å². The first kappa shape index (κ1) is 19.1. The molecule has 0 fully saturated rings. The quantitative estimate of drug-likeness (QED) is 0.229. The number of unbranched alkanes of at least 4 members (excludes halogenated alkanes) is 4. The van der Waals surface area contributed by atoms with E-state index in [1.807, 2.05) is 0 Å². The van der Waals surface area contributed by atoms with Crippen LogP contribution in [-0.2, 0) is 4.74 Å². The summed E-state index contributed by atoms with van der Waals surface area (Å²) in [5, 5.41) is 0. The van der Waals surface area contributed by atoms with Crippen LogP contribution in [0.2, 0.25) is 0 Å². The molecule has 0 aromatic heterocycles. The third-order valence-corrected chi connectivity index (χ3v) is 3.90. The first-order chi connectivity index (χ1) is 9.35. The molecule has 2 atom stereocenters. The Morgan fingerprint density at radius 1 is 1.00 bits per heavy atom. The van der Waals surface area contributed by atoms with Gasteiger partial charge in [0.05, 0.1) is 0 Å². The molecule has 19 heavy (non-hydrogen) atoms. The zero-order chi connectivity index (χ0) is 14.2. The topological polar surface area (TPSA) is 9.23 Å². The Hall–Kier alpha value is 0.130. The van der Waals surface area contributed by atoms with Gasteiger partial charge in [0.25, 0.3) is 0 Å². The fraction of sp³-hybridized carbons (Fsp3) is 0.882. The summed E-state index contributed by atoms with van der Waals surface area (Å²) >= 11 is 0. The molecule has 0 heterocycles. The molecule has 0 radical (unpaired) electrons. The lowest BCUT2D eigenvalue weighted by Gasteiger charge is -2.10. The molecule has 0 aliphatic rings. The molecule has 0 saturated heterocycles. The van der Waals surface area contributed by atoms with Crippen molar-refractivity contribution < 1.29 is 4.74 Å². The van der Waals surface area contributed by atoms with E-state index in [0.717, 1.165) is 19.1 Å². The van der Waals surface area contributed by atoms with Crippen molar-refractivity contribution in [1.82, 2.24) is 0 Å². The predicted molar refractivity (Wildman–Crippen MR) is 90.9 cm³/mol. The standard InChI is InChI=1S/C17H35OP/c1-3-5-8-12-17(4-2)13-11-15-18-14-9-6-7-10-16-19/h8,12,17H,3-7,9-11,13-16,19H2,1-2H3. The van der Waals surface area contributed by atoms with Crippen LogP contribution in [0.4, 0.5) is 0 Å². The number of hydrogen-bond acceptors (Lipinski definition) is 1. The molecule has 0 aromatic rings. The van der Waals surface area contributed by atoms with Crippen molar-refractivity contribution in [3.8, 4) is 0 Å². The number of allylic oxidation sites excluding steroid dienone is 2. The summed E-state index contributed by atoms with van der Waals surface area (Å²) in [7, 11) is 2.79. The zero-order valence-electron chi connectivity index (χ0n) is 13.2. The van der Waals surface area contributed by atoms with Crippen LogP contribution in [-0.4, -0.2) is 19.4 Å². The summed E-state index contributed by atoms with van der Waals surface area (Å²) in [6, 6.07) is 0. The monoisotopic (exact) mass is 286 g/mol. The smallest absolute Gasteiger partial charge is 0.0466 e. The summed E-state index contributed by atoms with van der Waals surface area (Å²) in [4.78, 5) is 0. The van der Waals surface area contributed by atoms with Crippen LogP contribution in [0.3, 0.4) is 0 Å². The second-order valence-corrected chi connectivity index (χ2v) is 5.92. The molecule has 0 aliphatic heterocycles. The highest BCUT2D eigenvalue weighted by Crippen LogP contribution is 2.13. The average Bonchev–Trinajstić information content (AvgIpc) is 2.43. The number of ether oxygens (including phenoxy) is 1. The molecule has 0 spiro atoms. The van der Waals surface area contributed by atoms with Crippen LogP contribution in [0.1, 0.15) is 71.6 Å². The Morgan fingerprint density at radius 3 is 2.42 bits per heavy atom. The Kier molecular flexibility index (Phi) is 16.3. The molecule has 0 saturated carbocycles. The van der Waals surface area contributed by atoms with E-state index in [-0.39, 0.29) is 0 Å². The zero-order valence-corrected chi connectivity index (χ0v) is 14.4. The Bertz CT molecular complexity index is 192. The summed E-state index contributed by atoms with van der Waals surface area (Å²) < 4.78 is 5.71. The van der Waals surface area contributed by atoms with Gasteiger partial charge in [-0.2, -0.15) is 0 Å². The van der Waals surface area contributed by atoms with Crippen molar-refractivity contribution in [3.63, 3.8) is 0 Å². The van der Waals surface area contributed by atoms with Gasteiger partial charge in [-0.05, 0) is 50.6 Å². The van der Waals surface area contributed by atoms with E-state index in [4.69, 9.17) is 4.74 Å². The molecular formula is C17H35OP. The van der Waals surface area contributed by atoms with Crippen LogP contribution in [0, 0.1) is 5.92 Å². The summed E-state index contributed by atoms with van der Waals surface area (Å²) in [6.07, 6.45) is 17.5. The fourth-order valence-corrected chi connectivity index (χ4v) is 2.43. The second-order valence-electron chi connectivity index (χ2n) is 5.34. The van der Waals surface area contributed by atoms with E-state index < -0.39 is 0 Å². The highest BCUT2D eigenvalue weighted by molar-refractivity contribution is 7.16. The molecule has 2 heteroatoms. The normalized spacial score (nSPS) is 13.2. The Balaban J connectivity index is 3.31. The van der Waals surface area contributed by atoms with Gasteiger partial charge in [-0.25, -0.2) is 0 Å². The number of rotatable bonds is 14. The maximum Gasteiger partial charge on any atom is 0.0466 e. The highest BCUT2D eigenvalue weighted by atomic mass is 31.0. The molecule has 0 amide bonds. The minimum absolute atomic E-state index is 0.761. The van der Waals surface area contributed by atoms with Crippen molar-refractivity contribution in [2.75, 3.05) is 19.4 Å². The molecule has 1 nitrogen and oxygen atoms in total. The second kappa shape index (κ2) is 16.2. The van der Waals surface area contributed by atoms with Gasteiger partial charge in [0, 0.05) is 13.2 Å². The lowest BCUT2D eigenvalue weighted by molar-refractivity contribution is 0.124. The maximum absolute atomic E-state index is 5.71. The van der Waals surface area contributed by atoms with Crippen LogP contribution >= 0.6 is 9.24 Å². The van der Waals surface area contributed by atoms with Gasteiger partial charge in [-0.1, -0.05) is 45.3 Å². The van der Waals surface area contributed by atoms with Crippen LogP contribution in [0.5, 0.6) is 0 Å². The molecular weight excluding hydrogens is 251 g/mol. The SMILES string of the molecule is CCCC=CC(CC)CCCOCCCCCCP. The molecule has 0 bridgehead atoms. The molecule has 2 unspecified atom stereocenters. The summed E-state index contributed by atoms with van der Waals surface area (Å²) in [5.41, 5.74) is 0.